The van der Waals surface area contributed by atoms with E-state index in [0.29, 0.717) is 23.1 Å². The highest BCUT2D eigenvalue weighted by molar-refractivity contribution is 9.10. The summed E-state index contributed by atoms with van der Waals surface area (Å²) in [5.74, 6) is -0.239. The van der Waals surface area contributed by atoms with Crippen molar-refractivity contribution in [3.8, 4) is 0 Å². The standard InChI is InChI=1S/C11H11BrClN5O/c12-8-6-9(10(13)15-7-8)11(19)14-2-1-4-18-5-3-16-17-18/h3,5-7H,1-2,4H2,(H,14,19). The van der Waals surface area contributed by atoms with Gasteiger partial charge in [0.25, 0.3) is 5.91 Å². The van der Waals surface area contributed by atoms with Crippen molar-refractivity contribution in [3.63, 3.8) is 0 Å². The molecule has 19 heavy (non-hydrogen) atoms. The molecule has 8 heteroatoms. The molecule has 2 aromatic rings. The van der Waals surface area contributed by atoms with E-state index in [1.807, 2.05) is 0 Å². The fraction of sp³-hybridized carbons (Fsp3) is 0.273. The second kappa shape index (κ2) is 6.63. The van der Waals surface area contributed by atoms with E-state index >= 15 is 0 Å². The zero-order valence-electron chi connectivity index (χ0n) is 9.88. The molecular formula is C11H11BrClN5O. The SMILES string of the molecule is O=C(NCCCn1ccnn1)c1cc(Br)cnc1Cl. The summed E-state index contributed by atoms with van der Waals surface area (Å²) in [6, 6.07) is 1.64. The molecule has 2 aromatic heterocycles. The van der Waals surface area contributed by atoms with Crippen LogP contribution in [0.15, 0.2) is 29.1 Å². The van der Waals surface area contributed by atoms with Gasteiger partial charge in [-0.2, -0.15) is 0 Å². The van der Waals surface area contributed by atoms with Crippen molar-refractivity contribution >= 4 is 33.4 Å². The average molecular weight is 345 g/mol. The summed E-state index contributed by atoms with van der Waals surface area (Å²) in [6.07, 6.45) is 5.69. The van der Waals surface area contributed by atoms with Crippen LogP contribution in [0.2, 0.25) is 5.15 Å². The lowest BCUT2D eigenvalue weighted by atomic mass is 10.2. The van der Waals surface area contributed by atoms with Gasteiger partial charge in [-0.3, -0.25) is 9.48 Å². The summed E-state index contributed by atoms with van der Waals surface area (Å²) in [4.78, 5) is 15.8. The Labute approximate surface area is 123 Å². The largest absolute Gasteiger partial charge is 0.352 e. The molecule has 0 saturated carbocycles. The fourth-order valence-electron chi connectivity index (χ4n) is 1.47. The first-order valence-corrected chi connectivity index (χ1v) is 6.77. The molecule has 0 spiro atoms. The third kappa shape index (κ3) is 4.00. The van der Waals surface area contributed by atoms with Gasteiger partial charge in [0.05, 0.1) is 11.8 Å². The summed E-state index contributed by atoms with van der Waals surface area (Å²) in [5.41, 5.74) is 0.358. The molecule has 2 heterocycles. The van der Waals surface area contributed by atoms with E-state index in [-0.39, 0.29) is 11.1 Å². The molecule has 0 radical (unpaired) electrons. The zero-order valence-corrected chi connectivity index (χ0v) is 12.2. The van der Waals surface area contributed by atoms with Crippen LogP contribution in [0.25, 0.3) is 0 Å². The van der Waals surface area contributed by atoms with Gasteiger partial charge in [0, 0.05) is 30.0 Å². The van der Waals surface area contributed by atoms with Gasteiger partial charge < -0.3 is 5.32 Å². The first kappa shape index (κ1) is 14.0. The molecule has 0 bridgehead atoms. The molecule has 0 fully saturated rings. The Hall–Kier alpha value is -1.47. The average Bonchev–Trinajstić information content (AvgIpc) is 2.90. The van der Waals surface area contributed by atoms with E-state index in [1.54, 1.807) is 29.3 Å². The van der Waals surface area contributed by atoms with Crippen molar-refractivity contribution in [2.75, 3.05) is 6.54 Å². The third-order valence-corrected chi connectivity index (χ3v) is 3.11. The number of amides is 1. The molecule has 6 nitrogen and oxygen atoms in total. The minimum absolute atomic E-state index is 0.192. The van der Waals surface area contributed by atoms with Gasteiger partial charge in [0.15, 0.2) is 0 Å². The van der Waals surface area contributed by atoms with Crippen LogP contribution in [0.3, 0.4) is 0 Å². The van der Waals surface area contributed by atoms with E-state index in [2.05, 4.69) is 36.5 Å². The quantitative estimate of drug-likeness (QED) is 0.664. The maximum Gasteiger partial charge on any atom is 0.254 e. The Morgan fingerprint density at radius 2 is 2.37 bits per heavy atom. The predicted molar refractivity (Wildman–Crippen MR) is 73.9 cm³/mol. The number of carbonyl (C=O) groups excluding carboxylic acids is 1. The Kier molecular flexibility index (Phi) is 4.86. The van der Waals surface area contributed by atoms with Crippen molar-refractivity contribution in [3.05, 3.63) is 39.8 Å². The van der Waals surface area contributed by atoms with Crippen molar-refractivity contribution in [1.82, 2.24) is 25.3 Å². The van der Waals surface area contributed by atoms with Gasteiger partial charge in [-0.15, -0.1) is 5.10 Å². The molecule has 0 aliphatic heterocycles. The molecule has 0 unspecified atom stereocenters. The molecule has 100 valence electrons. The Morgan fingerprint density at radius 1 is 1.53 bits per heavy atom. The summed E-state index contributed by atoms with van der Waals surface area (Å²) in [7, 11) is 0. The Bertz CT molecular complexity index is 560. The summed E-state index contributed by atoms with van der Waals surface area (Å²) in [6.45, 7) is 1.23. The van der Waals surface area contributed by atoms with Crippen LogP contribution >= 0.6 is 27.5 Å². The van der Waals surface area contributed by atoms with E-state index in [9.17, 15) is 4.79 Å². The minimum Gasteiger partial charge on any atom is -0.352 e. The van der Waals surface area contributed by atoms with E-state index < -0.39 is 0 Å². The second-order valence-electron chi connectivity index (χ2n) is 3.77. The molecule has 0 atom stereocenters. The smallest absolute Gasteiger partial charge is 0.254 e. The number of rotatable bonds is 5. The van der Waals surface area contributed by atoms with E-state index in [4.69, 9.17) is 11.6 Å². The number of nitrogens with zero attached hydrogens (tertiary/aromatic N) is 4. The molecular weight excluding hydrogens is 334 g/mol. The van der Waals surface area contributed by atoms with Gasteiger partial charge >= 0.3 is 0 Å². The van der Waals surface area contributed by atoms with Crippen molar-refractivity contribution < 1.29 is 4.79 Å². The van der Waals surface area contributed by atoms with Crippen LogP contribution in [0, 0.1) is 0 Å². The van der Waals surface area contributed by atoms with Crippen LogP contribution in [-0.2, 0) is 6.54 Å². The third-order valence-electron chi connectivity index (χ3n) is 2.37. The van der Waals surface area contributed by atoms with Crippen LogP contribution in [0.1, 0.15) is 16.8 Å². The van der Waals surface area contributed by atoms with Crippen LogP contribution < -0.4 is 5.32 Å². The molecule has 1 amide bonds. The number of nitrogens with one attached hydrogen (secondary N) is 1. The Balaban J connectivity index is 1.82. The number of aryl methyl sites for hydroxylation is 1. The van der Waals surface area contributed by atoms with Gasteiger partial charge in [0.2, 0.25) is 0 Å². The number of pyridine rings is 1. The lowest BCUT2D eigenvalue weighted by Crippen LogP contribution is -2.25. The first-order valence-electron chi connectivity index (χ1n) is 5.60. The molecule has 0 aliphatic rings. The summed E-state index contributed by atoms with van der Waals surface area (Å²) >= 11 is 9.12. The van der Waals surface area contributed by atoms with Crippen LogP contribution in [-0.4, -0.2) is 32.4 Å². The van der Waals surface area contributed by atoms with Crippen LogP contribution in [0.4, 0.5) is 0 Å². The highest BCUT2D eigenvalue weighted by atomic mass is 79.9. The first-order chi connectivity index (χ1) is 9.16. The molecule has 1 N–H and O–H groups in total. The minimum atomic E-state index is -0.239. The summed E-state index contributed by atoms with van der Waals surface area (Å²) < 4.78 is 2.42. The highest BCUT2D eigenvalue weighted by Crippen LogP contribution is 2.17. The monoisotopic (exact) mass is 343 g/mol. The van der Waals surface area contributed by atoms with Gasteiger partial charge in [-0.1, -0.05) is 16.8 Å². The van der Waals surface area contributed by atoms with Crippen molar-refractivity contribution in [2.45, 2.75) is 13.0 Å². The number of carbonyl (C=O) groups is 1. The normalized spacial score (nSPS) is 10.4. The maximum atomic E-state index is 11.9. The maximum absolute atomic E-state index is 11.9. The van der Waals surface area contributed by atoms with Gasteiger partial charge in [-0.05, 0) is 28.4 Å². The Morgan fingerprint density at radius 3 is 3.11 bits per heavy atom. The number of halogens is 2. The van der Waals surface area contributed by atoms with Crippen molar-refractivity contribution in [2.24, 2.45) is 0 Å². The van der Waals surface area contributed by atoms with E-state index in [0.717, 1.165) is 6.42 Å². The highest BCUT2D eigenvalue weighted by Gasteiger charge is 2.11. The molecule has 0 aliphatic carbocycles. The number of aromatic nitrogens is 4. The lowest BCUT2D eigenvalue weighted by Gasteiger charge is -2.06. The molecule has 0 saturated heterocycles. The van der Waals surface area contributed by atoms with Crippen LogP contribution in [0.5, 0.6) is 0 Å². The zero-order chi connectivity index (χ0) is 13.7. The summed E-state index contributed by atoms with van der Waals surface area (Å²) in [5, 5.41) is 10.5. The predicted octanol–water partition coefficient (Wildman–Crippen LogP) is 1.91. The number of hydrogen-bond donors (Lipinski definition) is 1. The van der Waals surface area contributed by atoms with Gasteiger partial charge in [-0.25, -0.2) is 4.98 Å². The molecule has 0 aromatic carbocycles. The van der Waals surface area contributed by atoms with Gasteiger partial charge in [0.1, 0.15) is 5.15 Å². The fourth-order valence-corrected chi connectivity index (χ4v) is 1.99. The van der Waals surface area contributed by atoms with Crippen molar-refractivity contribution in [1.29, 1.82) is 0 Å². The lowest BCUT2D eigenvalue weighted by molar-refractivity contribution is 0.0952. The van der Waals surface area contributed by atoms with E-state index in [1.165, 1.54) is 0 Å². The number of hydrogen-bond acceptors (Lipinski definition) is 4. The second-order valence-corrected chi connectivity index (χ2v) is 5.04. The molecule has 2 rings (SSSR count). The topological polar surface area (TPSA) is 72.7 Å².